The first-order valence-corrected chi connectivity index (χ1v) is 7.19. The van der Waals surface area contributed by atoms with E-state index in [1.54, 1.807) is 6.07 Å². The Hall–Kier alpha value is -1.66. The Morgan fingerprint density at radius 2 is 2.16 bits per heavy atom. The summed E-state index contributed by atoms with van der Waals surface area (Å²) in [6.07, 6.45) is 2.35. The molecule has 96 valence electrons. The van der Waals surface area contributed by atoms with Gasteiger partial charge in [-0.05, 0) is 31.0 Å². The van der Waals surface area contributed by atoms with Crippen molar-refractivity contribution in [2.45, 2.75) is 18.8 Å². The molecule has 0 radical (unpaired) electrons. The molecule has 1 saturated carbocycles. The van der Waals surface area contributed by atoms with E-state index in [1.165, 1.54) is 24.2 Å². The van der Waals surface area contributed by atoms with Crippen molar-refractivity contribution in [2.75, 3.05) is 5.73 Å². The van der Waals surface area contributed by atoms with Gasteiger partial charge in [0.25, 0.3) is 0 Å². The number of aromatic nitrogens is 4. The van der Waals surface area contributed by atoms with Gasteiger partial charge in [0.15, 0.2) is 5.82 Å². The number of halogens is 1. The lowest BCUT2D eigenvalue weighted by molar-refractivity contribution is 0.828. The van der Waals surface area contributed by atoms with Crippen molar-refractivity contribution in [3.05, 3.63) is 29.0 Å². The van der Waals surface area contributed by atoms with E-state index in [-0.39, 0.29) is 0 Å². The third-order valence-corrected chi connectivity index (χ3v) is 4.43. The average molecular weight is 292 g/mol. The van der Waals surface area contributed by atoms with Gasteiger partial charge in [0.2, 0.25) is 4.96 Å². The summed E-state index contributed by atoms with van der Waals surface area (Å²) in [6.45, 7) is 0. The normalized spacial score (nSPS) is 15.2. The summed E-state index contributed by atoms with van der Waals surface area (Å²) >= 11 is 7.70. The molecule has 0 amide bonds. The van der Waals surface area contributed by atoms with E-state index in [0.29, 0.717) is 16.6 Å². The van der Waals surface area contributed by atoms with Crippen molar-refractivity contribution >= 4 is 33.6 Å². The van der Waals surface area contributed by atoms with Crippen LogP contribution in [0.3, 0.4) is 0 Å². The van der Waals surface area contributed by atoms with Gasteiger partial charge >= 0.3 is 0 Å². The van der Waals surface area contributed by atoms with Gasteiger partial charge in [-0.2, -0.15) is 9.61 Å². The number of nitrogens with zero attached hydrogens (tertiary/aromatic N) is 4. The van der Waals surface area contributed by atoms with Gasteiger partial charge in [-0.3, -0.25) is 0 Å². The molecule has 0 unspecified atom stereocenters. The smallest absolute Gasteiger partial charge is 0.234 e. The molecule has 0 aliphatic heterocycles. The fourth-order valence-corrected chi connectivity index (χ4v) is 3.26. The van der Waals surface area contributed by atoms with E-state index in [2.05, 4.69) is 15.3 Å². The van der Waals surface area contributed by atoms with Crippen LogP contribution in [0, 0.1) is 0 Å². The Morgan fingerprint density at radius 3 is 2.89 bits per heavy atom. The SMILES string of the molecule is Nc1ccc(-c2nn3c(C4CC4)nnc3s2)c(Cl)c1. The van der Waals surface area contributed by atoms with Gasteiger partial charge in [-0.25, -0.2) is 0 Å². The maximum absolute atomic E-state index is 6.21. The molecule has 1 aromatic carbocycles. The quantitative estimate of drug-likeness (QED) is 0.737. The maximum Gasteiger partial charge on any atom is 0.234 e. The molecule has 0 saturated heterocycles. The Bertz CT molecular complexity index is 774. The monoisotopic (exact) mass is 291 g/mol. The molecule has 0 spiro atoms. The van der Waals surface area contributed by atoms with Crippen molar-refractivity contribution in [2.24, 2.45) is 0 Å². The lowest BCUT2D eigenvalue weighted by Crippen LogP contribution is -1.93. The Morgan fingerprint density at radius 1 is 1.32 bits per heavy atom. The van der Waals surface area contributed by atoms with Crippen molar-refractivity contribution in [3.8, 4) is 10.6 Å². The molecule has 5 nitrogen and oxygen atoms in total. The third-order valence-electron chi connectivity index (χ3n) is 3.18. The zero-order valence-electron chi connectivity index (χ0n) is 9.88. The molecule has 1 aliphatic rings. The highest BCUT2D eigenvalue weighted by Gasteiger charge is 2.30. The van der Waals surface area contributed by atoms with Crippen LogP contribution in [0.1, 0.15) is 24.6 Å². The molecule has 1 aliphatic carbocycles. The maximum atomic E-state index is 6.21. The largest absolute Gasteiger partial charge is 0.399 e. The fraction of sp³-hybridized carbons (Fsp3) is 0.250. The second-order valence-electron chi connectivity index (χ2n) is 4.67. The summed E-state index contributed by atoms with van der Waals surface area (Å²) in [4.78, 5) is 0.810. The lowest BCUT2D eigenvalue weighted by Gasteiger charge is -2.00. The first-order chi connectivity index (χ1) is 9.22. The molecule has 0 atom stereocenters. The predicted molar refractivity (Wildman–Crippen MR) is 75.5 cm³/mol. The second kappa shape index (κ2) is 3.91. The lowest BCUT2D eigenvalue weighted by atomic mass is 10.2. The number of nitrogen functional groups attached to an aromatic ring is 1. The first kappa shape index (κ1) is 11.2. The van der Waals surface area contributed by atoms with Crippen LogP contribution in [0.25, 0.3) is 15.5 Å². The zero-order valence-corrected chi connectivity index (χ0v) is 11.4. The van der Waals surface area contributed by atoms with Crippen LogP contribution in [0.4, 0.5) is 5.69 Å². The molecule has 2 aromatic heterocycles. The number of rotatable bonds is 2. The van der Waals surface area contributed by atoms with E-state index in [4.69, 9.17) is 17.3 Å². The molecule has 7 heteroatoms. The van der Waals surface area contributed by atoms with Gasteiger partial charge in [0, 0.05) is 17.2 Å². The number of fused-ring (bicyclic) bond motifs is 1. The average Bonchev–Trinajstić information content (AvgIpc) is 2.99. The first-order valence-electron chi connectivity index (χ1n) is 6.00. The van der Waals surface area contributed by atoms with Crippen LogP contribution < -0.4 is 5.73 Å². The van der Waals surface area contributed by atoms with Crippen molar-refractivity contribution < 1.29 is 0 Å². The third kappa shape index (κ3) is 1.79. The summed E-state index contributed by atoms with van der Waals surface area (Å²) in [7, 11) is 0. The van der Waals surface area contributed by atoms with E-state index < -0.39 is 0 Å². The van der Waals surface area contributed by atoms with E-state index in [1.807, 2.05) is 16.6 Å². The van der Waals surface area contributed by atoms with Crippen LogP contribution in [0.2, 0.25) is 5.02 Å². The number of hydrogen-bond donors (Lipinski definition) is 1. The molecule has 2 heterocycles. The standard InChI is InChI=1S/C12H10ClN5S/c13-9-5-7(14)3-4-8(9)11-17-18-10(6-1-2-6)15-16-12(18)19-11/h3-6H,1-2,14H2. The number of anilines is 1. The van der Waals surface area contributed by atoms with Gasteiger partial charge in [0.1, 0.15) is 5.01 Å². The number of benzene rings is 1. The molecule has 1 fully saturated rings. The number of hydrogen-bond acceptors (Lipinski definition) is 5. The van der Waals surface area contributed by atoms with Crippen LogP contribution in [-0.4, -0.2) is 19.8 Å². The van der Waals surface area contributed by atoms with Gasteiger partial charge in [-0.15, -0.1) is 10.2 Å². The fourth-order valence-electron chi connectivity index (χ4n) is 2.04. The summed E-state index contributed by atoms with van der Waals surface area (Å²) in [5.41, 5.74) is 7.23. The Labute approximate surface area is 118 Å². The van der Waals surface area contributed by atoms with Crippen molar-refractivity contribution in [1.82, 2.24) is 19.8 Å². The van der Waals surface area contributed by atoms with Gasteiger partial charge in [0.05, 0.1) is 5.02 Å². The highest BCUT2D eigenvalue weighted by Crippen LogP contribution is 2.40. The Balaban J connectivity index is 1.86. The van der Waals surface area contributed by atoms with Crippen LogP contribution >= 0.6 is 22.9 Å². The molecule has 3 aromatic rings. The van der Waals surface area contributed by atoms with Crippen molar-refractivity contribution in [3.63, 3.8) is 0 Å². The number of nitrogens with two attached hydrogens (primary N) is 1. The molecular formula is C12H10ClN5S. The Kier molecular flexibility index (Phi) is 2.31. The highest BCUT2D eigenvalue weighted by atomic mass is 35.5. The molecule has 0 bridgehead atoms. The van der Waals surface area contributed by atoms with Gasteiger partial charge in [-0.1, -0.05) is 22.9 Å². The second-order valence-corrected chi connectivity index (χ2v) is 6.04. The molecule has 19 heavy (non-hydrogen) atoms. The van der Waals surface area contributed by atoms with Crippen LogP contribution in [0.15, 0.2) is 18.2 Å². The minimum atomic E-state index is 0.520. The molecule has 4 rings (SSSR count). The molecule has 2 N–H and O–H groups in total. The van der Waals surface area contributed by atoms with Crippen LogP contribution in [-0.2, 0) is 0 Å². The summed E-state index contributed by atoms with van der Waals surface area (Å²) in [6, 6.07) is 5.45. The van der Waals surface area contributed by atoms with Crippen molar-refractivity contribution in [1.29, 1.82) is 0 Å². The summed E-state index contributed by atoms with van der Waals surface area (Å²) < 4.78 is 1.84. The van der Waals surface area contributed by atoms with Gasteiger partial charge < -0.3 is 5.73 Å². The summed E-state index contributed by atoms with van der Waals surface area (Å²) in [5, 5.41) is 14.4. The predicted octanol–water partition coefficient (Wildman–Crippen LogP) is 2.97. The minimum absolute atomic E-state index is 0.520. The highest BCUT2D eigenvalue weighted by molar-refractivity contribution is 7.19. The van der Waals surface area contributed by atoms with E-state index in [9.17, 15) is 0 Å². The van der Waals surface area contributed by atoms with E-state index in [0.717, 1.165) is 21.4 Å². The molecular weight excluding hydrogens is 282 g/mol. The minimum Gasteiger partial charge on any atom is -0.399 e. The topological polar surface area (TPSA) is 69.1 Å². The van der Waals surface area contributed by atoms with E-state index >= 15 is 0 Å². The zero-order chi connectivity index (χ0) is 13.0. The van der Waals surface area contributed by atoms with Crippen LogP contribution in [0.5, 0.6) is 0 Å². The summed E-state index contributed by atoms with van der Waals surface area (Å²) in [5.74, 6) is 1.48.